The molecular formula is C11H18N2O2. The van der Waals surface area contributed by atoms with Gasteiger partial charge in [-0.2, -0.15) is 0 Å². The summed E-state index contributed by atoms with van der Waals surface area (Å²) in [6.07, 6.45) is 1.74. The molecule has 84 valence electrons. The van der Waals surface area contributed by atoms with Crippen LogP contribution in [0.4, 0.5) is 0 Å². The maximum Gasteiger partial charge on any atom is 0.254 e. The summed E-state index contributed by atoms with van der Waals surface area (Å²) in [7, 11) is 0. The van der Waals surface area contributed by atoms with Crippen molar-refractivity contribution in [1.29, 1.82) is 0 Å². The van der Waals surface area contributed by atoms with Gasteiger partial charge in [-0.3, -0.25) is 4.79 Å². The molecule has 0 aliphatic heterocycles. The average Bonchev–Trinajstić information content (AvgIpc) is 2.23. The van der Waals surface area contributed by atoms with E-state index in [4.69, 9.17) is 4.74 Å². The topological polar surface area (TPSA) is 55.0 Å². The Bertz CT molecular complexity index is 371. The van der Waals surface area contributed by atoms with Gasteiger partial charge in [0.25, 0.3) is 5.56 Å². The molecule has 1 rings (SSSR count). The van der Waals surface area contributed by atoms with Crippen molar-refractivity contribution in [2.45, 2.75) is 40.2 Å². The molecule has 0 amide bonds. The van der Waals surface area contributed by atoms with Gasteiger partial charge in [-0.05, 0) is 19.8 Å². The van der Waals surface area contributed by atoms with Crippen molar-refractivity contribution in [3.8, 4) is 0 Å². The van der Waals surface area contributed by atoms with Crippen LogP contribution < -0.4 is 5.56 Å². The predicted octanol–water partition coefficient (Wildman–Crippen LogP) is 1.57. The maximum atomic E-state index is 11.5. The minimum Gasteiger partial charge on any atom is -0.374 e. The number of aryl methyl sites for hydroxylation is 1. The van der Waals surface area contributed by atoms with E-state index >= 15 is 0 Å². The third kappa shape index (κ3) is 3.16. The van der Waals surface area contributed by atoms with E-state index < -0.39 is 0 Å². The fourth-order valence-electron chi connectivity index (χ4n) is 1.36. The maximum absolute atomic E-state index is 11.5. The summed E-state index contributed by atoms with van der Waals surface area (Å²) >= 11 is 0. The van der Waals surface area contributed by atoms with Crippen molar-refractivity contribution >= 4 is 0 Å². The summed E-state index contributed by atoms with van der Waals surface area (Å²) in [5, 5.41) is 0. The van der Waals surface area contributed by atoms with Crippen molar-refractivity contribution in [2.24, 2.45) is 0 Å². The molecule has 0 aliphatic rings. The fourth-order valence-corrected chi connectivity index (χ4v) is 1.36. The zero-order chi connectivity index (χ0) is 11.3. The number of hydrogen-bond donors (Lipinski definition) is 1. The number of nitrogens with zero attached hydrogens (tertiary/aromatic N) is 1. The zero-order valence-corrected chi connectivity index (χ0v) is 9.59. The van der Waals surface area contributed by atoms with Gasteiger partial charge in [0.2, 0.25) is 0 Å². The molecule has 0 atom stereocenters. The van der Waals surface area contributed by atoms with Crippen LogP contribution in [0.15, 0.2) is 4.79 Å². The first kappa shape index (κ1) is 11.9. The van der Waals surface area contributed by atoms with Crippen LogP contribution in [0, 0.1) is 6.92 Å². The Kier molecular flexibility index (Phi) is 4.49. The van der Waals surface area contributed by atoms with E-state index in [-0.39, 0.29) is 5.56 Å². The highest BCUT2D eigenvalue weighted by Crippen LogP contribution is 2.01. The Morgan fingerprint density at radius 2 is 2.13 bits per heavy atom. The lowest BCUT2D eigenvalue weighted by atomic mass is 10.2. The Hall–Kier alpha value is -1.16. The average molecular weight is 210 g/mol. The summed E-state index contributed by atoms with van der Waals surface area (Å²) in [4.78, 5) is 18.6. The van der Waals surface area contributed by atoms with E-state index in [1.807, 2.05) is 13.8 Å². The first-order chi connectivity index (χ1) is 7.19. The van der Waals surface area contributed by atoms with Gasteiger partial charge in [0, 0.05) is 12.2 Å². The molecule has 0 unspecified atom stereocenters. The second kappa shape index (κ2) is 5.66. The number of ether oxygens (including phenoxy) is 1. The molecule has 1 N–H and O–H groups in total. The number of hydrogen-bond acceptors (Lipinski definition) is 3. The van der Waals surface area contributed by atoms with Crippen LogP contribution >= 0.6 is 0 Å². The molecule has 0 radical (unpaired) electrons. The first-order valence-corrected chi connectivity index (χ1v) is 5.35. The molecule has 0 aromatic carbocycles. The standard InChI is InChI=1S/C11H18N2O2/c1-4-6-15-7-10-12-9(5-2)8(3)11(14)13-10/h4-7H2,1-3H3,(H,12,13,14). The van der Waals surface area contributed by atoms with Crippen molar-refractivity contribution in [3.05, 3.63) is 27.4 Å². The van der Waals surface area contributed by atoms with E-state index in [2.05, 4.69) is 9.97 Å². The van der Waals surface area contributed by atoms with Crippen molar-refractivity contribution in [1.82, 2.24) is 9.97 Å². The van der Waals surface area contributed by atoms with Crippen LogP contribution in [0.5, 0.6) is 0 Å². The minimum absolute atomic E-state index is 0.0584. The van der Waals surface area contributed by atoms with Crippen LogP contribution in [0.2, 0.25) is 0 Å². The van der Waals surface area contributed by atoms with E-state index in [0.717, 1.165) is 18.5 Å². The minimum atomic E-state index is -0.0584. The molecule has 1 heterocycles. The molecule has 4 heteroatoms. The molecule has 0 saturated carbocycles. The number of aromatic nitrogens is 2. The summed E-state index contributed by atoms with van der Waals surface area (Å²) in [5.41, 5.74) is 1.50. The van der Waals surface area contributed by atoms with Gasteiger partial charge in [0.1, 0.15) is 12.4 Å². The van der Waals surface area contributed by atoms with Crippen molar-refractivity contribution in [3.63, 3.8) is 0 Å². The Morgan fingerprint density at radius 3 is 2.73 bits per heavy atom. The predicted molar refractivity (Wildman–Crippen MR) is 58.9 cm³/mol. The SMILES string of the molecule is CCCOCc1nc(CC)c(C)c(=O)[nH]1. The highest BCUT2D eigenvalue weighted by atomic mass is 16.5. The van der Waals surface area contributed by atoms with E-state index in [9.17, 15) is 4.79 Å². The summed E-state index contributed by atoms with van der Waals surface area (Å²) in [6.45, 7) is 6.91. The summed E-state index contributed by atoms with van der Waals surface area (Å²) < 4.78 is 5.33. The molecule has 1 aromatic rings. The van der Waals surface area contributed by atoms with Crippen LogP contribution in [0.3, 0.4) is 0 Å². The quantitative estimate of drug-likeness (QED) is 0.750. The molecular weight excluding hydrogens is 192 g/mol. The van der Waals surface area contributed by atoms with Crippen LogP contribution in [0.1, 0.15) is 37.4 Å². The van der Waals surface area contributed by atoms with Crippen LogP contribution in [-0.4, -0.2) is 16.6 Å². The van der Waals surface area contributed by atoms with Gasteiger partial charge in [-0.25, -0.2) is 4.98 Å². The molecule has 0 saturated heterocycles. The number of H-pyrrole nitrogens is 1. The van der Waals surface area contributed by atoms with Gasteiger partial charge in [0.15, 0.2) is 0 Å². The third-order valence-electron chi connectivity index (χ3n) is 2.22. The Balaban J connectivity index is 2.82. The zero-order valence-electron chi connectivity index (χ0n) is 9.59. The molecule has 1 aromatic heterocycles. The van der Waals surface area contributed by atoms with Crippen molar-refractivity contribution < 1.29 is 4.74 Å². The van der Waals surface area contributed by atoms with Crippen LogP contribution in [-0.2, 0) is 17.8 Å². The normalized spacial score (nSPS) is 10.6. The Morgan fingerprint density at radius 1 is 1.40 bits per heavy atom. The van der Waals surface area contributed by atoms with E-state index in [0.29, 0.717) is 24.6 Å². The van der Waals surface area contributed by atoms with Crippen LogP contribution in [0.25, 0.3) is 0 Å². The highest BCUT2D eigenvalue weighted by Gasteiger charge is 2.05. The molecule has 4 nitrogen and oxygen atoms in total. The van der Waals surface area contributed by atoms with Gasteiger partial charge in [-0.1, -0.05) is 13.8 Å². The lowest BCUT2D eigenvalue weighted by Crippen LogP contribution is -2.18. The fraction of sp³-hybridized carbons (Fsp3) is 0.636. The van der Waals surface area contributed by atoms with E-state index in [1.54, 1.807) is 6.92 Å². The second-order valence-electron chi connectivity index (χ2n) is 3.49. The number of rotatable bonds is 5. The third-order valence-corrected chi connectivity index (χ3v) is 2.22. The van der Waals surface area contributed by atoms with E-state index in [1.165, 1.54) is 0 Å². The lowest BCUT2D eigenvalue weighted by Gasteiger charge is -2.06. The number of nitrogens with one attached hydrogen (secondary N) is 1. The molecule has 0 bridgehead atoms. The van der Waals surface area contributed by atoms with Gasteiger partial charge >= 0.3 is 0 Å². The van der Waals surface area contributed by atoms with Gasteiger partial charge in [-0.15, -0.1) is 0 Å². The Labute approximate surface area is 89.7 Å². The van der Waals surface area contributed by atoms with Gasteiger partial charge in [0.05, 0.1) is 5.69 Å². The smallest absolute Gasteiger partial charge is 0.254 e. The highest BCUT2D eigenvalue weighted by molar-refractivity contribution is 5.15. The molecule has 0 aliphatic carbocycles. The number of aromatic amines is 1. The van der Waals surface area contributed by atoms with Crippen molar-refractivity contribution in [2.75, 3.05) is 6.61 Å². The first-order valence-electron chi connectivity index (χ1n) is 5.35. The molecule has 0 fully saturated rings. The van der Waals surface area contributed by atoms with Gasteiger partial charge < -0.3 is 9.72 Å². The summed E-state index contributed by atoms with van der Waals surface area (Å²) in [5.74, 6) is 0.621. The second-order valence-corrected chi connectivity index (χ2v) is 3.49. The molecule has 15 heavy (non-hydrogen) atoms. The summed E-state index contributed by atoms with van der Waals surface area (Å²) in [6, 6.07) is 0. The largest absolute Gasteiger partial charge is 0.374 e. The molecule has 0 spiro atoms. The lowest BCUT2D eigenvalue weighted by molar-refractivity contribution is 0.115. The monoisotopic (exact) mass is 210 g/mol.